The van der Waals surface area contributed by atoms with Crippen LogP contribution in [-0.4, -0.2) is 9.59 Å². The first kappa shape index (κ1) is 16.3. The minimum absolute atomic E-state index is 0.143. The molecule has 3 N–H and O–H groups in total. The van der Waals surface area contributed by atoms with E-state index in [1.807, 2.05) is 0 Å². The zero-order valence-corrected chi connectivity index (χ0v) is 13.7. The molecular formula is C14H18ClFN4S. The van der Waals surface area contributed by atoms with E-state index in [0.717, 1.165) is 10.6 Å². The van der Waals surface area contributed by atoms with E-state index in [1.54, 1.807) is 12.1 Å². The van der Waals surface area contributed by atoms with Gasteiger partial charge in [0, 0.05) is 10.4 Å². The lowest BCUT2D eigenvalue weighted by Gasteiger charge is -2.21. The number of hydrogen-bond acceptors (Lipinski definition) is 5. The minimum atomic E-state index is -0.336. The van der Waals surface area contributed by atoms with Crippen LogP contribution >= 0.6 is 23.1 Å². The van der Waals surface area contributed by atoms with Gasteiger partial charge in [-0.3, -0.25) is 11.3 Å². The van der Waals surface area contributed by atoms with E-state index >= 15 is 0 Å². The lowest BCUT2D eigenvalue weighted by molar-refractivity contribution is 0.505. The fraction of sp³-hybridized carbons (Fsp3) is 0.429. The molecule has 0 saturated carbocycles. The van der Waals surface area contributed by atoms with Gasteiger partial charge in [0.15, 0.2) is 0 Å². The first-order valence-corrected chi connectivity index (χ1v) is 7.71. The van der Waals surface area contributed by atoms with Crippen molar-refractivity contribution < 1.29 is 4.39 Å². The van der Waals surface area contributed by atoms with Crippen LogP contribution in [0, 0.1) is 5.82 Å². The van der Waals surface area contributed by atoms with Gasteiger partial charge in [-0.1, -0.05) is 42.9 Å². The Kier molecular flexibility index (Phi) is 4.93. The highest BCUT2D eigenvalue weighted by atomic mass is 35.5. The lowest BCUT2D eigenvalue weighted by Crippen LogP contribution is -2.31. The second-order valence-electron chi connectivity index (χ2n) is 5.89. The highest BCUT2D eigenvalue weighted by Crippen LogP contribution is 2.32. The molecule has 1 unspecified atom stereocenters. The molecule has 2 rings (SSSR count). The van der Waals surface area contributed by atoms with Gasteiger partial charge in [0.1, 0.15) is 5.82 Å². The summed E-state index contributed by atoms with van der Waals surface area (Å²) in [4.78, 5) is 0.930. The first-order chi connectivity index (χ1) is 9.82. The Bertz CT molecular complexity index is 624. The molecule has 1 heterocycles. The van der Waals surface area contributed by atoms with E-state index in [1.165, 1.54) is 17.6 Å². The number of benzene rings is 1. The molecule has 1 aromatic carbocycles. The van der Waals surface area contributed by atoms with Crippen LogP contribution in [0.15, 0.2) is 18.2 Å². The zero-order valence-electron chi connectivity index (χ0n) is 12.2. The summed E-state index contributed by atoms with van der Waals surface area (Å²) in [5, 5.41) is 4.57. The van der Waals surface area contributed by atoms with Crippen molar-refractivity contribution in [2.24, 2.45) is 5.84 Å². The monoisotopic (exact) mass is 328 g/mol. The van der Waals surface area contributed by atoms with Crippen molar-refractivity contribution in [3.8, 4) is 0 Å². The molecule has 0 saturated heterocycles. The van der Waals surface area contributed by atoms with Gasteiger partial charge >= 0.3 is 0 Å². The summed E-state index contributed by atoms with van der Waals surface area (Å²) in [6.07, 6.45) is 0.409. The second-order valence-corrected chi connectivity index (χ2v) is 7.12. The Morgan fingerprint density at radius 1 is 1.43 bits per heavy atom. The quantitative estimate of drug-likeness (QED) is 0.667. The van der Waals surface area contributed by atoms with Gasteiger partial charge < -0.3 is 0 Å². The van der Waals surface area contributed by atoms with Crippen LogP contribution in [0.25, 0.3) is 0 Å². The van der Waals surface area contributed by atoms with Crippen LogP contribution in [0.2, 0.25) is 5.02 Å². The number of nitrogens with zero attached hydrogens (tertiary/aromatic N) is 2. The van der Waals surface area contributed by atoms with Crippen LogP contribution in [0.1, 0.15) is 42.9 Å². The van der Waals surface area contributed by atoms with Crippen molar-refractivity contribution in [3.05, 3.63) is 45.2 Å². The third-order valence-electron chi connectivity index (χ3n) is 3.18. The average molecular weight is 329 g/mol. The summed E-state index contributed by atoms with van der Waals surface area (Å²) in [5.74, 6) is 5.32. The summed E-state index contributed by atoms with van der Waals surface area (Å²) in [7, 11) is 0. The Morgan fingerprint density at radius 2 is 2.14 bits per heavy atom. The van der Waals surface area contributed by atoms with Gasteiger partial charge in [0.25, 0.3) is 0 Å². The van der Waals surface area contributed by atoms with Crippen molar-refractivity contribution in [3.63, 3.8) is 0 Å². The molecule has 0 radical (unpaired) electrons. The molecule has 0 spiro atoms. The van der Waals surface area contributed by atoms with Gasteiger partial charge in [0.2, 0.25) is 0 Å². The van der Waals surface area contributed by atoms with Crippen LogP contribution in [0.4, 0.5) is 4.39 Å². The number of aromatic nitrogens is 2. The first-order valence-electron chi connectivity index (χ1n) is 6.55. The van der Waals surface area contributed by atoms with E-state index in [9.17, 15) is 4.39 Å². The molecule has 114 valence electrons. The van der Waals surface area contributed by atoms with Gasteiger partial charge in [0.05, 0.1) is 16.6 Å². The van der Waals surface area contributed by atoms with Crippen LogP contribution in [0.3, 0.4) is 0 Å². The molecular weight excluding hydrogens is 311 g/mol. The molecule has 0 fully saturated rings. The van der Waals surface area contributed by atoms with Crippen molar-refractivity contribution in [2.45, 2.75) is 38.6 Å². The lowest BCUT2D eigenvalue weighted by atomic mass is 9.89. The molecule has 7 heteroatoms. The summed E-state index contributed by atoms with van der Waals surface area (Å²) in [5.41, 5.74) is 4.03. The molecule has 0 aliphatic rings. The topological polar surface area (TPSA) is 63.8 Å². The van der Waals surface area contributed by atoms with Crippen molar-refractivity contribution in [1.82, 2.24) is 15.0 Å². The molecule has 21 heavy (non-hydrogen) atoms. The normalized spacial score (nSPS) is 13.4. The number of hydrazine groups is 1. The molecule has 2 aromatic rings. The fourth-order valence-electron chi connectivity index (χ4n) is 2.08. The maximum Gasteiger partial charge on any atom is 0.127 e. The molecule has 1 atom stereocenters. The SMILES string of the molecule is CC(C)(C)c1nnsc1C(Cc1ccc(Cl)cc1F)NN. The number of halogens is 2. The second kappa shape index (κ2) is 6.36. The number of rotatable bonds is 4. The molecule has 0 aliphatic carbocycles. The van der Waals surface area contributed by atoms with Crippen LogP contribution in [0.5, 0.6) is 0 Å². The average Bonchev–Trinajstić information content (AvgIpc) is 2.87. The molecule has 0 amide bonds. The van der Waals surface area contributed by atoms with Crippen molar-refractivity contribution in [2.75, 3.05) is 0 Å². The summed E-state index contributed by atoms with van der Waals surface area (Å²) in [6.45, 7) is 6.18. The summed E-state index contributed by atoms with van der Waals surface area (Å²) < 4.78 is 18.0. The van der Waals surface area contributed by atoms with Gasteiger partial charge in [-0.05, 0) is 35.6 Å². The summed E-state index contributed by atoms with van der Waals surface area (Å²) >= 11 is 7.06. The van der Waals surface area contributed by atoms with Crippen molar-refractivity contribution >= 4 is 23.1 Å². The highest BCUT2D eigenvalue weighted by molar-refractivity contribution is 7.05. The zero-order chi connectivity index (χ0) is 15.6. The van der Waals surface area contributed by atoms with Crippen LogP contribution < -0.4 is 11.3 Å². The minimum Gasteiger partial charge on any atom is -0.271 e. The van der Waals surface area contributed by atoms with Gasteiger partial charge in [-0.15, -0.1) is 5.10 Å². The van der Waals surface area contributed by atoms with E-state index in [4.69, 9.17) is 17.4 Å². The highest BCUT2D eigenvalue weighted by Gasteiger charge is 2.27. The van der Waals surface area contributed by atoms with Crippen molar-refractivity contribution in [1.29, 1.82) is 0 Å². The maximum atomic E-state index is 13.9. The Hall–Kier alpha value is -1.08. The maximum absolute atomic E-state index is 13.9. The predicted octanol–water partition coefficient (Wildman–Crippen LogP) is 3.38. The largest absolute Gasteiger partial charge is 0.271 e. The third-order valence-corrected chi connectivity index (χ3v) is 4.25. The number of hydrogen-bond donors (Lipinski definition) is 2. The fourth-order valence-corrected chi connectivity index (χ4v) is 3.16. The molecule has 0 aliphatic heterocycles. The number of nitrogens with two attached hydrogens (primary N) is 1. The molecule has 0 bridgehead atoms. The predicted molar refractivity (Wildman–Crippen MR) is 83.8 cm³/mol. The summed E-state index contributed by atoms with van der Waals surface area (Å²) in [6, 6.07) is 4.41. The number of nitrogens with one attached hydrogen (secondary N) is 1. The van der Waals surface area contributed by atoms with E-state index in [2.05, 4.69) is 35.8 Å². The third kappa shape index (κ3) is 3.77. The van der Waals surface area contributed by atoms with Gasteiger partial charge in [-0.2, -0.15) is 0 Å². The Labute approximate surface area is 132 Å². The van der Waals surface area contributed by atoms with E-state index < -0.39 is 0 Å². The Morgan fingerprint density at radius 3 is 2.71 bits per heavy atom. The molecule has 4 nitrogen and oxygen atoms in total. The van der Waals surface area contributed by atoms with Gasteiger partial charge in [-0.25, -0.2) is 4.39 Å². The van der Waals surface area contributed by atoms with E-state index in [-0.39, 0.29) is 17.3 Å². The van der Waals surface area contributed by atoms with E-state index in [0.29, 0.717) is 17.0 Å². The molecule has 1 aromatic heterocycles. The smallest absolute Gasteiger partial charge is 0.127 e. The Balaban J connectivity index is 2.31. The van der Waals surface area contributed by atoms with Crippen LogP contribution in [-0.2, 0) is 11.8 Å². The standard InChI is InChI=1S/C14H18ClFN4S/c1-14(2,3)13-12(21-20-19-13)11(18-17)6-8-4-5-9(15)7-10(8)16/h4-5,7,11,18H,6,17H2,1-3H3.